The average molecular weight is 407 g/mol. The maximum Gasteiger partial charge on any atom is 0.330 e. The monoisotopic (exact) mass is 407 g/mol. The SMILES string of the molecule is COC(=O)[C@@H]1CC(C)(C)N2[C@@H](c3ccccc3)[C@H](NC(=O)c3ccccc3)C(=O)N12. The van der Waals surface area contributed by atoms with Crippen molar-refractivity contribution in [1.82, 2.24) is 15.3 Å². The number of hydrazine groups is 1. The first-order valence-corrected chi connectivity index (χ1v) is 9.96. The Morgan fingerprint density at radius 3 is 2.23 bits per heavy atom. The molecule has 0 aromatic heterocycles. The van der Waals surface area contributed by atoms with Gasteiger partial charge in [-0.3, -0.25) is 14.6 Å². The molecule has 3 atom stereocenters. The standard InChI is InChI=1S/C23H25N3O4/c1-23(2)14-17(22(29)30-3)25-21(28)18(24-20(27)16-12-8-5-9-13-16)19(26(23)25)15-10-6-4-7-11-15/h4-13,17-19H,14H2,1-3H3,(H,24,27)/t17-,18-,19-/m0/s1. The van der Waals surface area contributed by atoms with E-state index in [1.807, 2.05) is 55.3 Å². The van der Waals surface area contributed by atoms with Crippen LogP contribution in [0.3, 0.4) is 0 Å². The van der Waals surface area contributed by atoms with Crippen LogP contribution in [-0.2, 0) is 14.3 Å². The molecule has 7 nitrogen and oxygen atoms in total. The summed E-state index contributed by atoms with van der Waals surface area (Å²) in [6, 6.07) is 16.4. The predicted octanol–water partition coefficient (Wildman–Crippen LogP) is 2.31. The Bertz CT molecular complexity index is 961. The van der Waals surface area contributed by atoms with Crippen molar-refractivity contribution >= 4 is 17.8 Å². The Morgan fingerprint density at radius 2 is 1.63 bits per heavy atom. The van der Waals surface area contributed by atoms with Crippen LogP contribution in [0.1, 0.15) is 42.2 Å². The Balaban J connectivity index is 1.76. The summed E-state index contributed by atoms with van der Waals surface area (Å²) in [6.45, 7) is 3.99. The summed E-state index contributed by atoms with van der Waals surface area (Å²) in [5.74, 6) is -1.10. The lowest BCUT2D eigenvalue weighted by molar-refractivity contribution is -0.158. The maximum atomic E-state index is 13.5. The number of nitrogens with zero attached hydrogens (tertiary/aromatic N) is 2. The average Bonchev–Trinajstić information content (AvgIpc) is 3.21. The Morgan fingerprint density at radius 1 is 1.03 bits per heavy atom. The van der Waals surface area contributed by atoms with E-state index in [9.17, 15) is 14.4 Å². The fourth-order valence-corrected chi connectivity index (χ4v) is 4.54. The first kappa shape index (κ1) is 20.1. The van der Waals surface area contributed by atoms with Crippen molar-refractivity contribution < 1.29 is 19.1 Å². The molecule has 2 amide bonds. The molecule has 2 fully saturated rings. The van der Waals surface area contributed by atoms with Crippen molar-refractivity contribution in [2.75, 3.05) is 7.11 Å². The molecule has 0 saturated carbocycles. The summed E-state index contributed by atoms with van der Waals surface area (Å²) < 4.78 is 4.96. The van der Waals surface area contributed by atoms with Crippen LogP contribution in [0.5, 0.6) is 0 Å². The predicted molar refractivity (Wildman–Crippen MR) is 110 cm³/mol. The van der Waals surface area contributed by atoms with Crippen LogP contribution in [-0.4, -0.2) is 52.5 Å². The summed E-state index contributed by atoms with van der Waals surface area (Å²) in [5.41, 5.74) is 0.884. The number of nitrogens with one attached hydrogen (secondary N) is 1. The number of esters is 1. The van der Waals surface area contributed by atoms with Gasteiger partial charge in [-0.1, -0.05) is 48.5 Å². The molecule has 1 N–H and O–H groups in total. The highest BCUT2D eigenvalue weighted by atomic mass is 16.5. The lowest BCUT2D eigenvalue weighted by Crippen LogP contribution is -2.47. The molecule has 2 heterocycles. The molecule has 2 aliphatic heterocycles. The van der Waals surface area contributed by atoms with Crippen LogP contribution >= 0.6 is 0 Å². The van der Waals surface area contributed by atoms with E-state index < -0.39 is 29.6 Å². The van der Waals surface area contributed by atoms with Gasteiger partial charge in [0.2, 0.25) is 0 Å². The van der Waals surface area contributed by atoms with E-state index in [1.165, 1.54) is 12.1 Å². The normalized spacial score (nSPS) is 25.1. The van der Waals surface area contributed by atoms with Crippen LogP contribution in [0.4, 0.5) is 0 Å². The van der Waals surface area contributed by atoms with Gasteiger partial charge in [-0.05, 0) is 38.0 Å². The smallest absolute Gasteiger partial charge is 0.330 e. The van der Waals surface area contributed by atoms with Gasteiger partial charge in [0, 0.05) is 11.1 Å². The number of carbonyl (C=O) groups excluding carboxylic acids is 3. The number of methoxy groups -OCH3 is 1. The Hall–Kier alpha value is -3.19. The van der Waals surface area contributed by atoms with Crippen molar-refractivity contribution in [2.45, 2.75) is 43.9 Å². The third-order valence-electron chi connectivity index (χ3n) is 5.85. The van der Waals surface area contributed by atoms with Crippen molar-refractivity contribution in [3.8, 4) is 0 Å². The molecule has 2 aromatic carbocycles. The molecule has 0 aliphatic carbocycles. The molecule has 156 valence electrons. The minimum atomic E-state index is -0.827. The number of hydrogen-bond donors (Lipinski definition) is 1. The van der Waals surface area contributed by atoms with Crippen LogP contribution in [0, 0.1) is 0 Å². The van der Waals surface area contributed by atoms with Gasteiger partial charge >= 0.3 is 5.97 Å². The molecule has 2 aromatic rings. The summed E-state index contributed by atoms with van der Waals surface area (Å²) in [7, 11) is 1.32. The van der Waals surface area contributed by atoms with Crippen molar-refractivity contribution in [1.29, 1.82) is 0 Å². The van der Waals surface area contributed by atoms with E-state index in [1.54, 1.807) is 24.3 Å². The molecule has 30 heavy (non-hydrogen) atoms. The molecule has 7 heteroatoms. The van der Waals surface area contributed by atoms with Gasteiger partial charge < -0.3 is 10.1 Å². The van der Waals surface area contributed by atoms with Crippen molar-refractivity contribution in [3.63, 3.8) is 0 Å². The van der Waals surface area contributed by atoms with E-state index in [2.05, 4.69) is 5.32 Å². The fourth-order valence-electron chi connectivity index (χ4n) is 4.54. The number of benzene rings is 2. The topological polar surface area (TPSA) is 79.0 Å². The van der Waals surface area contributed by atoms with Crippen LogP contribution in [0.2, 0.25) is 0 Å². The van der Waals surface area contributed by atoms with Crippen LogP contribution in [0.25, 0.3) is 0 Å². The lowest BCUT2D eigenvalue weighted by Gasteiger charge is -2.36. The summed E-state index contributed by atoms with van der Waals surface area (Å²) in [5, 5.41) is 6.33. The zero-order valence-corrected chi connectivity index (χ0v) is 17.2. The number of rotatable bonds is 4. The summed E-state index contributed by atoms with van der Waals surface area (Å²) in [4.78, 5) is 38.9. The second-order valence-corrected chi connectivity index (χ2v) is 8.26. The highest BCUT2D eigenvalue weighted by Crippen LogP contribution is 2.47. The van der Waals surface area contributed by atoms with Gasteiger partial charge in [0.05, 0.1) is 13.2 Å². The molecular formula is C23H25N3O4. The molecule has 0 unspecified atom stereocenters. The molecule has 0 spiro atoms. The Kier molecular flexibility index (Phi) is 5.07. The van der Waals surface area contributed by atoms with Gasteiger partial charge in [-0.15, -0.1) is 0 Å². The number of hydrogen-bond acceptors (Lipinski definition) is 5. The second-order valence-electron chi connectivity index (χ2n) is 8.26. The van der Waals surface area contributed by atoms with Crippen molar-refractivity contribution in [3.05, 3.63) is 71.8 Å². The van der Waals surface area contributed by atoms with E-state index >= 15 is 0 Å². The molecule has 0 radical (unpaired) electrons. The van der Waals surface area contributed by atoms with Crippen LogP contribution < -0.4 is 5.32 Å². The highest BCUT2D eigenvalue weighted by Gasteiger charge is 2.61. The zero-order valence-electron chi connectivity index (χ0n) is 17.2. The first-order chi connectivity index (χ1) is 14.3. The summed E-state index contributed by atoms with van der Waals surface area (Å²) >= 11 is 0. The molecule has 2 aliphatic rings. The zero-order chi connectivity index (χ0) is 21.5. The quantitative estimate of drug-likeness (QED) is 0.787. The Labute approximate surface area is 175 Å². The van der Waals surface area contributed by atoms with Crippen molar-refractivity contribution in [2.24, 2.45) is 0 Å². The van der Waals surface area contributed by atoms with E-state index in [4.69, 9.17) is 4.74 Å². The second kappa shape index (κ2) is 7.57. The molecule has 4 rings (SSSR count). The summed E-state index contributed by atoms with van der Waals surface area (Å²) in [6.07, 6.45) is 0.452. The largest absolute Gasteiger partial charge is 0.467 e. The minimum Gasteiger partial charge on any atom is -0.467 e. The van der Waals surface area contributed by atoms with Gasteiger partial charge in [-0.25, -0.2) is 9.80 Å². The van der Waals surface area contributed by atoms with Crippen LogP contribution in [0.15, 0.2) is 60.7 Å². The number of fused-ring (bicyclic) bond motifs is 1. The van der Waals surface area contributed by atoms with Gasteiger partial charge in [-0.2, -0.15) is 0 Å². The highest BCUT2D eigenvalue weighted by molar-refractivity contribution is 5.99. The van der Waals surface area contributed by atoms with Gasteiger partial charge in [0.1, 0.15) is 12.1 Å². The first-order valence-electron chi connectivity index (χ1n) is 9.96. The van der Waals surface area contributed by atoms with Gasteiger partial charge in [0.15, 0.2) is 0 Å². The van der Waals surface area contributed by atoms with Gasteiger partial charge in [0.25, 0.3) is 11.8 Å². The third-order valence-corrected chi connectivity index (χ3v) is 5.85. The fraction of sp³-hybridized carbons (Fsp3) is 0.348. The third kappa shape index (κ3) is 3.25. The van der Waals surface area contributed by atoms with E-state index in [0.717, 1.165) is 5.56 Å². The minimum absolute atomic E-state index is 0.311. The number of carbonyl (C=O) groups is 3. The molecule has 0 bridgehead atoms. The molecular weight excluding hydrogens is 382 g/mol. The lowest BCUT2D eigenvalue weighted by atomic mass is 9.91. The maximum absolute atomic E-state index is 13.5. The molecule has 2 saturated heterocycles. The number of ether oxygens (including phenoxy) is 1. The van der Waals surface area contributed by atoms with E-state index in [-0.39, 0.29) is 11.8 Å². The van der Waals surface area contributed by atoms with E-state index in [0.29, 0.717) is 12.0 Å². The number of amides is 2.